The van der Waals surface area contributed by atoms with Crippen LogP contribution in [0.4, 0.5) is 0 Å². The highest BCUT2D eigenvalue weighted by atomic mass is 32.1. The summed E-state index contributed by atoms with van der Waals surface area (Å²) in [4.78, 5) is 7.25. The van der Waals surface area contributed by atoms with Gasteiger partial charge in [-0.25, -0.2) is 4.98 Å². The van der Waals surface area contributed by atoms with Gasteiger partial charge in [0.15, 0.2) is 0 Å². The van der Waals surface area contributed by atoms with Crippen LogP contribution in [0.25, 0.3) is 0 Å². The third-order valence-corrected chi connectivity index (χ3v) is 5.18. The molecule has 2 saturated heterocycles. The topological polar surface area (TPSA) is 28.2 Å². The molecule has 1 N–H and O–H groups in total. The van der Waals surface area contributed by atoms with Crippen LogP contribution in [-0.2, 0) is 0 Å². The van der Waals surface area contributed by atoms with Crippen molar-refractivity contribution in [2.75, 3.05) is 26.2 Å². The minimum Gasteiger partial charge on any atom is -0.317 e. The van der Waals surface area contributed by atoms with E-state index in [0.717, 1.165) is 5.92 Å². The summed E-state index contributed by atoms with van der Waals surface area (Å²) in [6.45, 7) is 4.97. The summed E-state index contributed by atoms with van der Waals surface area (Å²) in [6, 6.07) is 0.605. The van der Waals surface area contributed by atoms with Crippen molar-refractivity contribution in [2.24, 2.45) is 5.92 Å². The fourth-order valence-electron chi connectivity index (χ4n) is 3.28. The standard InChI is InChI=1S/C14H23N3S/c1-2-9-17(11-12-4-6-15-7-5-12)13(3-1)14-16-8-10-18-14/h8,10,12-13,15H,1-7,9,11H2. The molecule has 3 rings (SSSR count). The SMILES string of the molecule is c1csc(C2CCCCN2CC2CCNCC2)n1. The van der Waals surface area contributed by atoms with E-state index < -0.39 is 0 Å². The Kier molecular flexibility index (Phi) is 4.28. The second kappa shape index (κ2) is 6.13. The first-order valence-corrected chi connectivity index (χ1v) is 8.15. The van der Waals surface area contributed by atoms with E-state index in [2.05, 4.69) is 20.6 Å². The molecule has 2 aliphatic heterocycles. The molecule has 4 heteroatoms. The Labute approximate surface area is 114 Å². The Morgan fingerprint density at radius 1 is 1.28 bits per heavy atom. The number of likely N-dealkylation sites (tertiary alicyclic amines) is 1. The molecule has 3 nitrogen and oxygen atoms in total. The predicted molar refractivity (Wildman–Crippen MR) is 75.9 cm³/mol. The summed E-state index contributed by atoms with van der Waals surface area (Å²) in [5.41, 5.74) is 0. The lowest BCUT2D eigenvalue weighted by molar-refractivity contribution is 0.115. The molecule has 1 aromatic heterocycles. The van der Waals surface area contributed by atoms with Crippen molar-refractivity contribution in [3.05, 3.63) is 16.6 Å². The smallest absolute Gasteiger partial charge is 0.110 e. The number of thiazole rings is 1. The van der Waals surface area contributed by atoms with Crippen molar-refractivity contribution in [1.82, 2.24) is 15.2 Å². The highest BCUT2D eigenvalue weighted by Gasteiger charge is 2.28. The van der Waals surface area contributed by atoms with Crippen molar-refractivity contribution in [3.63, 3.8) is 0 Å². The molecule has 1 aromatic rings. The second-order valence-corrected chi connectivity index (χ2v) is 6.50. The third-order valence-electron chi connectivity index (χ3n) is 4.30. The Hall–Kier alpha value is -0.450. The molecule has 2 aliphatic rings. The van der Waals surface area contributed by atoms with E-state index in [9.17, 15) is 0 Å². The van der Waals surface area contributed by atoms with Crippen LogP contribution in [0.3, 0.4) is 0 Å². The molecule has 0 radical (unpaired) electrons. The van der Waals surface area contributed by atoms with E-state index in [1.54, 1.807) is 0 Å². The van der Waals surface area contributed by atoms with Gasteiger partial charge in [0.25, 0.3) is 0 Å². The van der Waals surface area contributed by atoms with Gasteiger partial charge in [0, 0.05) is 18.1 Å². The van der Waals surface area contributed by atoms with Gasteiger partial charge in [0.05, 0.1) is 6.04 Å². The van der Waals surface area contributed by atoms with Crippen LogP contribution in [0.5, 0.6) is 0 Å². The molecule has 1 unspecified atom stereocenters. The summed E-state index contributed by atoms with van der Waals surface area (Å²) in [6.07, 6.45) is 8.69. The average Bonchev–Trinajstić information content (AvgIpc) is 2.94. The van der Waals surface area contributed by atoms with Crippen LogP contribution in [0.15, 0.2) is 11.6 Å². The minimum atomic E-state index is 0.605. The maximum atomic E-state index is 4.55. The summed E-state index contributed by atoms with van der Waals surface area (Å²) in [5, 5.41) is 6.92. The highest BCUT2D eigenvalue weighted by molar-refractivity contribution is 7.09. The number of nitrogens with one attached hydrogen (secondary N) is 1. The van der Waals surface area contributed by atoms with Crippen molar-refractivity contribution in [2.45, 2.75) is 38.1 Å². The van der Waals surface area contributed by atoms with E-state index in [1.807, 2.05) is 17.5 Å². The lowest BCUT2D eigenvalue weighted by Gasteiger charge is -2.37. The van der Waals surface area contributed by atoms with Gasteiger partial charge in [0.2, 0.25) is 0 Å². The van der Waals surface area contributed by atoms with Crippen molar-refractivity contribution in [1.29, 1.82) is 0 Å². The molecule has 0 aliphatic carbocycles. The number of nitrogens with zero attached hydrogens (tertiary/aromatic N) is 2. The second-order valence-electron chi connectivity index (χ2n) is 5.57. The van der Waals surface area contributed by atoms with E-state index in [4.69, 9.17) is 0 Å². The molecule has 0 amide bonds. The summed E-state index contributed by atoms with van der Waals surface area (Å²) in [7, 11) is 0. The zero-order chi connectivity index (χ0) is 12.2. The normalized spacial score (nSPS) is 27.4. The van der Waals surface area contributed by atoms with Gasteiger partial charge >= 0.3 is 0 Å². The van der Waals surface area contributed by atoms with Gasteiger partial charge in [-0.3, -0.25) is 4.90 Å². The molecule has 1 atom stereocenters. The first-order valence-electron chi connectivity index (χ1n) is 7.27. The summed E-state index contributed by atoms with van der Waals surface area (Å²) >= 11 is 1.83. The molecular weight excluding hydrogens is 242 g/mol. The van der Waals surface area contributed by atoms with Gasteiger partial charge < -0.3 is 5.32 Å². The Bertz CT molecular complexity index is 346. The van der Waals surface area contributed by atoms with E-state index >= 15 is 0 Å². The number of hydrogen-bond donors (Lipinski definition) is 1. The zero-order valence-corrected chi connectivity index (χ0v) is 11.8. The average molecular weight is 265 g/mol. The first kappa shape index (κ1) is 12.6. The van der Waals surface area contributed by atoms with Crippen molar-refractivity contribution in [3.8, 4) is 0 Å². The fourth-order valence-corrected chi connectivity index (χ4v) is 4.09. The third kappa shape index (κ3) is 2.92. The van der Waals surface area contributed by atoms with E-state index in [0.29, 0.717) is 6.04 Å². The Morgan fingerprint density at radius 3 is 2.94 bits per heavy atom. The van der Waals surface area contributed by atoms with Gasteiger partial charge in [0.1, 0.15) is 5.01 Å². The lowest BCUT2D eigenvalue weighted by Crippen LogP contribution is -2.40. The molecule has 2 fully saturated rings. The molecule has 0 bridgehead atoms. The monoisotopic (exact) mass is 265 g/mol. The molecule has 0 aromatic carbocycles. The van der Waals surface area contributed by atoms with Gasteiger partial charge in [-0.2, -0.15) is 0 Å². The lowest BCUT2D eigenvalue weighted by atomic mass is 9.94. The summed E-state index contributed by atoms with van der Waals surface area (Å²) in [5.74, 6) is 0.895. The predicted octanol–water partition coefficient (Wildman–Crippen LogP) is 2.67. The fraction of sp³-hybridized carbons (Fsp3) is 0.786. The van der Waals surface area contributed by atoms with Gasteiger partial charge in [-0.1, -0.05) is 6.42 Å². The minimum absolute atomic E-state index is 0.605. The largest absolute Gasteiger partial charge is 0.317 e. The van der Waals surface area contributed by atoms with Crippen LogP contribution in [0, 0.1) is 5.92 Å². The number of aromatic nitrogens is 1. The van der Waals surface area contributed by atoms with Gasteiger partial charge in [-0.15, -0.1) is 11.3 Å². The van der Waals surface area contributed by atoms with Crippen molar-refractivity contribution >= 4 is 11.3 Å². The first-order chi connectivity index (χ1) is 8.93. The van der Waals surface area contributed by atoms with Crippen LogP contribution < -0.4 is 5.32 Å². The van der Waals surface area contributed by atoms with Crippen molar-refractivity contribution < 1.29 is 0 Å². The maximum absolute atomic E-state index is 4.55. The molecular formula is C14H23N3S. The van der Waals surface area contributed by atoms with Crippen LogP contribution in [-0.4, -0.2) is 36.1 Å². The van der Waals surface area contributed by atoms with E-state index in [-0.39, 0.29) is 0 Å². The Morgan fingerprint density at radius 2 is 2.17 bits per heavy atom. The zero-order valence-electron chi connectivity index (χ0n) is 11.0. The van der Waals surface area contributed by atoms with Crippen LogP contribution >= 0.6 is 11.3 Å². The maximum Gasteiger partial charge on any atom is 0.110 e. The summed E-state index contributed by atoms with van der Waals surface area (Å²) < 4.78 is 0. The van der Waals surface area contributed by atoms with E-state index in [1.165, 1.54) is 63.3 Å². The quantitative estimate of drug-likeness (QED) is 0.911. The molecule has 18 heavy (non-hydrogen) atoms. The molecule has 3 heterocycles. The number of piperidine rings is 2. The number of rotatable bonds is 3. The Balaban J connectivity index is 1.64. The van der Waals surface area contributed by atoms with Crippen LogP contribution in [0.2, 0.25) is 0 Å². The number of hydrogen-bond acceptors (Lipinski definition) is 4. The highest BCUT2D eigenvalue weighted by Crippen LogP contribution is 2.33. The van der Waals surface area contributed by atoms with Gasteiger partial charge in [-0.05, 0) is 51.2 Å². The molecule has 0 spiro atoms. The van der Waals surface area contributed by atoms with Crippen LogP contribution in [0.1, 0.15) is 43.2 Å². The molecule has 100 valence electrons. The molecule has 0 saturated carbocycles.